The first-order valence-electron chi connectivity index (χ1n) is 4.76. The van der Waals surface area contributed by atoms with Crippen molar-refractivity contribution in [1.29, 1.82) is 0 Å². The van der Waals surface area contributed by atoms with Crippen molar-refractivity contribution in [3.05, 3.63) is 35.1 Å². The minimum absolute atomic E-state index is 0.105. The van der Waals surface area contributed by atoms with Crippen molar-refractivity contribution in [2.24, 2.45) is 0 Å². The normalized spacial score (nSPS) is 18.4. The molecular formula is C11H13FS2. The molecular weight excluding hydrogens is 215 g/mol. The third-order valence-corrected chi connectivity index (χ3v) is 5.18. The van der Waals surface area contributed by atoms with E-state index in [1.807, 2.05) is 30.4 Å². The van der Waals surface area contributed by atoms with Gasteiger partial charge < -0.3 is 0 Å². The molecule has 0 spiro atoms. The summed E-state index contributed by atoms with van der Waals surface area (Å²) in [5, 5.41) is 0. The molecule has 0 bridgehead atoms. The summed E-state index contributed by atoms with van der Waals surface area (Å²) in [5.74, 6) is 2.30. The van der Waals surface area contributed by atoms with Gasteiger partial charge in [-0.05, 0) is 48.1 Å². The lowest BCUT2D eigenvalue weighted by molar-refractivity contribution is 0.625. The van der Waals surface area contributed by atoms with E-state index in [1.54, 1.807) is 12.1 Å². The van der Waals surface area contributed by atoms with Crippen molar-refractivity contribution in [1.82, 2.24) is 0 Å². The monoisotopic (exact) mass is 228 g/mol. The lowest BCUT2D eigenvalue weighted by Crippen LogP contribution is -2.00. The van der Waals surface area contributed by atoms with Crippen molar-refractivity contribution < 1.29 is 4.39 Å². The molecule has 0 amide bonds. The molecule has 14 heavy (non-hydrogen) atoms. The van der Waals surface area contributed by atoms with Crippen molar-refractivity contribution in [3.8, 4) is 0 Å². The van der Waals surface area contributed by atoms with Crippen LogP contribution in [0.2, 0.25) is 0 Å². The number of hydrogen-bond acceptors (Lipinski definition) is 2. The molecule has 0 saturated carbocycles. The zero-order valence-electron chi connectivity index (χ0n) is 8.13. The highest BCUT2D eigenvalue weighted by atomic mass is 32.2. The van der Waals surface area contributed by atoms with Crippen LogP contribution in [-0.4, -0.2) is 11.5 Å². The number of aryl methyl sites for hydroxylation is 1. The third kappa shape index (κ3) is 2.45. The molecule has 1 saturated heterocycles. The summed E-state index contributed by atoms with van der Waals surface area (Å²) in [6, 6.07) is 5.35. The Hall–Kier alpha value is -0.150. The minimum Gasteiger partial charge on any atom is -0.207 e. The van der Waals surface area contributed by atoms with Gasteiger partial charge in [0.1, 0.15) is 5.82 Å². The quantitative estimate of drug-likeness (QED) is 0.712. The summed E-state index contributed by atoms with van der Waals surface area (Å²) in [5.41, 5.74) is 2.16. The smallest absolute Gasteiger partial charge is 0.123 e. The van der Waals surface area contributed by atoms with Crippen molar-refractivity contribution >= 4 is 23.5 Å². The fourth-order valence-corrected chi connectivity index (χ4v) is 4.43. The Labute approximate surface area is 92.7 Å². The lowest BCUT2D eigenvalue weighted by atomic mass is 10.1. The number of rotatable bonds is 1. The SMILES string of the molecule is Cc1cc(F)cc(C2SCCCS2)c1. The van der Waals surface area contributed by atoms with E-state index >= 15 is 0 Å². The van der Waals surface area contributed by atoms with Crippen LogP contribution in [0.4, 0.5) is 4.39 Å². The van der Waals surface area contributed by atoms with Crippen LogP contribution >= 0.6 is 23.5 Å². The molecule has 0 aromatic heterocycles. The molecule has 0 nitrogen and oxygen atoms in total. The van der Waals surface area contributed by atoms with Crippen LogP contribution in [0, 0.1) is 12.7 Å². The van der Waals surface area contributed by atoms with Crippen LogP contribution in [0.5, 0.6) is 0 Å². The fraction of sp³-hybridized carbons (Fsp3) is 0.455. The van der Waals surface area contributed by atoms with Gasteiger partial charge in [-0.1, -0.05) is 6.07 Å². The highest BCUT2D eigenvalue weighted by Crippen LogP contribution is 2.43. The predicted octanol–water partition coefficient (Wildman–Crippen LogP) is 4.00. The number of benzene rings is 1. The Balaban J connectivity index is 2.21. The van der Waals surface area contributed by atoms with E-state index in [0.717, 1.165) is 11.1 Å². The van der Waals surface area contributed by atoms with Gasteiger partial charge in [-0.2, -0.15) is 0 Å². The van der Waals surface area contributed by atoms with E-state index in [2.05, 4.69) is 6.07 Å². The van der Waals surface area contributed by atoms with Gasteiger partial charge in [-0.15, -0.1) is 23.5 Å². The molecule has 0 N–H and O–H groups in total. The van der Waals surface area contributed by atoms with E-state index in [0.29, 0.717) is 4.58 Å². The minimum atomic E-state index is -0.105. The molecule has 1 aromatic carbocycles. The third-order valence-electron chi connectivity index (χ3n) is 2.16. The average Bonchev–Trinajstić information content (AvgIpc) is 2.18. The van der Waals surface area contributed by atoms with Gasteiger partial charge in [0.2, 0.25) is 0 Å². The maximum Gasteiger partial charge on any atom is 0.123 e. The van der Waals surface area contributed by atoms with Crippen LogP contribution in [-0.2, 0) is 0 Å². The van der Waals surface area contributed by atoms with Crippen LogP contribution < -0.4 is 0 Å². The highest BCUT2D eigenvalue weighted by molar-refractivity contribution is 8.16. The number of thioether (sulfide) groups is 2. The first-order chi connectivity index (χ1) is 6.75. The molecule has 0 atom stereocenters. The van der Waals surface area contributed by atoms with E-state index < -0.39 is 0 Å². The molecule has 76 valence electrons. The molecule has 1 aromatic rings. The number of hydrogen-bond donors (Lipinski definition) is 0. The van der Waals surface area contributed by atoms with Gasteiger partial charge >= 0.3 is 0 Å². The first kappa shape index (κ1) is 10.4. The summed E-state index contributed by atoms with van der Waals surface area (Å²) >= 11 is 3.86. The Morgan fingerprint density at radius 2 is 1.93 bits per heavy atom. The second-order valence-electron chi connectivity index (χ2n) is 3.49. The number of halogens is 1. The second-order valence-corrected chi connectivity index (χ2v) is 6.21. The fourth-order valence-electron chi connectivity index (χ4n) is 1.58. The molecule has 1 heterocycles. The van der Waals surface area contributed by atoms with Crippen LogP contribution in [0.1, 0.15) is 22.1 Å². The van der Waals surface area contributed by atoms with Gasteiger partial charge in [-0.25, -0.2) is 4.39 Å². The maximum atomic E-state index is 13.2. The summed E-state index contributed by atoms with van der Waals surface area (Å²) in [4.78, 5) is 0. The molecule has 2 rings (SSSR count). The zero-order valence-corrected chi connectivity index (χ0v) is 9.76. The summed E-state index contributed by atoms with van der Waals surface area (Å²) in [6.07, 6.45) is 1.28. The van der Waals surface area contributed by atoms with Gasteiger partial charge in [0.05, 0.1) is 4.58 Å². The van der Waals surface area contributed by atoms with Crippen LogP contribution in [0.3, 0.4) is 0 Å². The van der Waals surface area contributed by atoms with E-state index in [-0.39, 0.29) is 5.82 Å². The van der Waals surface area contributed by atoms with E-state index in [1.165, 1.54) is 17.9 Å². The Bertz CT molecular complexity index is 299. The summed E-state index contributed by atoms with van der Waals surface area (Å²) < 4.78 is 13.6. The largest absolute Gasteiger partial charge is 0.207 e. The molecule has 1 aliphatic rings. The first-order valence-corrected chi connectivity index (χ1v) is 6.86. The molecule has 0 aliphatic carbocycles. The molecule has 1 aliphatic heterocycles. The van der Waals surface area contributed by atoms with Crippen molar-refractivity contribution in [2.75, 3.05) is 11.5 Å². The second kappa shape index (κ2) is 4.58. The van der Waals surface area contributed by atoms with Gasteiger partial charge in [0.25, 0.3) is 0 Å². The Morgan fingerprint density at radius 1 is 1.21 bits per heavy atom. The van der Waals surface area contributed by atoms with E-state index in [4.69, 9.17) is 0 Å². The van der Waals surface area contributed by atoms with Gasteiger partial charge in [0.15, 0.2) is 0 Å². The highest BCUT2D eigenvalue weighted by Gasteiger charge is 2.17. The van der Waals surface area contributed by atoms with Gasteiger partial charge in [-0.3, -0.25) is 0 Å². The Kier molecular flexibility index (Phi) is 3.39. The maximum absolute atomic E-state index is 13.2. The predicted molar refractivity (Wildman–Crippen MR) is 63.4 cm³/mol. The molecule has 0 radical (unpaired) electrons. The van der Waals surface area contributed by atoms with Crippen LogP contribution in [0.25, 0.3) is 0 Å². The van der Waals surface area contributed by atoms with Crippen molar-refractivity contribution in [2.45, 2.75) is 17.9 Å². The van der Waals surface area contributed by atoms with Gasteiger partial charge in [0, 0.05) is 0 Å². The molecule has 1 fully saturated rings. The van der Waals surface area contributed by atoms with Crippen LogP contribution in [0.15, 0.2) is 18.2 Å². The Morgan fingerprint density at radius 3 is 2.57 bits per heavy atom. The summed E-state index contributed by atoms with van der Waals surface area (Å²) in [7, 11) is 0. The van der Waals surface area contributed by atoms with E-state index in [9.17, 15) is 4.39 Å². The average molecular weight is 228 g/mol. The zero-order chi connectivity index (χ0) is 9.97. The summed E-state index contributed by atoms with van der Waals surface area (Å²) in [6.45, 7) is 1.95. The standard InChI is InChI=1S/C11H13FS2/c1-8-5-9(7-10(12)6-8)11-13-3-2-4-14-11/h5-7,11H,2-4H2,1H3. The van der Waals surface area contributed by atoms with Crippen molar-refractivity contribution in [3.63, 3.8) is 0 Å². The lowest BCUT2D eigenvalue weighted by Gasteiger charge is -2.21. The topological polar surface area (TPSA) is 0 Å². The molecule has 0 unspecified atom stereocenters. The molecule has 3 heteroatoms.